The second-order valence-electron chi connectivity index (χ2n) is 6.75. The molecule has 1 aromatic carbocycles. The number of rotatable bonds is 5. The Hall–Kier alpha value is -2.18. The molecule has 2 aromatic heterocycles. The van der Waals surface area contributed by atoms with Gasteiger partial charge in [-0.25, -0.2) is 0 Å². The minimum Gasteiger partial charge on any atom is -0.458 e. The van der Waals surface area contributed by atoms with Crippen molar-refractivity contribution in [3.8, 4) is 0 Å². The van der Waals surface area contributed by atoms with E-state index < -0.39 is 6.10 Å². The normalized spacial score (nSPS) is 18.0. The molecule has 1 aliphatic heterocycles. The van der Waals surface area contributed by atoms with Crippen molar-refractivity contribution in [2.75, 3.05) is 19.6 Å². The highest BCUT2D eigenvalue weighted by atomic mass is 16.4. The zero-order chi connectivity index (χ0) is 17.2. The number of β-amino-alcohol motifs (C(OH)–C–C–N with tert-alkyl or cyclic N) is 1. The minimum atomic E-state index is -0.594. The molecular weight excluding hydrogens is 316 g/mol. The number of piperidine rings is 1. The summed E-state index contributed by atoms with van der Waals surface area (Å²) in [6.07, 6.45) is 3.31. The van der Waals surface area contributed by atoms with Crippen molar-refractivity contribution in [3.63, 3.8) is 0 Å². The summed E-state index contributed by atoms with van der Waals surface area (Å²) in [6.45, 7) is 5.54. The van der Waals surface area contributed by atoms with Crippen molar-refractivity contribution in [1.29, 1.82) is 0 Å². The first kappa shape index (κ1) is 16.3. The Kier molecular flexibility index (Phi) is 4.55. The molecule has 0 bridgehead atoms. The molecule has 1 saturated heterocycles. The van der Waals surface area contributed by atoms with Crippen molar-refractivity contribution in [1.82, 2.24) is 19.7 Å². The Morgan fingerprint density at radius 3 is 2.84 bits per heavy atom. The van der Waals surface area contributed by atoms with E-state index in [-0.39, 0.29) is 0 Å². The van der Waals surface area contributed by atoms with Gasteiger partial charge in [0.2, 0.25) is 0 Å². The molecule has 1 N–H and O–H groups in total. The largest absolute Gasteiger partial charge is 0.458 e. The number of hydrogen-bond acceptors (Lipinski definition) is 5. The van der Waals surface area contributed by atoms with Crippen LogP contribution in [0.15, 0.2) is 41.1 Å². The molecular formula is C19H24N4O2. The van der Waals surface area contributed by atoms with Crippen LogP contribution < -0.4 is 0 Å². The number of aliphatic hydroxyl groups is 1. The zero-order valence-electron chi connectivity index (χ0n) is 14.5. The number of aromatic nitrogens is 3. The molecule has 1 fully saturated rings. The highest BCUT2D eigenvalue weighted by Gasteiger charge is 2.26. The maximum absolute atomic E-state index is 10.5. The quantitative estimate of drug-likeness (QED) is 0.773. The number of nitrogens with zero attached hydrogens (tertiary/aromatic N) is 4. The molecule has 3 heterocycles. The molecule has 0 saturated carbocycles. The third-order valence-electron chi connectivity index (χ3n) is 5.14. The number of aliphatic hydroxyl groups excluding tert-OH is 1. The van der Waals surface area contributed by atoms with Crippen LogP contribution in [0.25, 0.3) is 11.0 Å². The summed E-state index contributed by atoms with van der Waals surface area (Å²) >= 11 is 0. The number of furan rings is 1. The molecule has 1 atom stereocenters. The lowest BCUT2D eigenvalue weighted by Crippen LogP contribution is -2.36. The van der Waals surface area contributed by atoms with Crippen LogP contribution in [-0.4, -0.2) is 44.4 Å². The molecule has 0 aliphatic carbocycles. The van der Waals surface area contributed by atoms with Gasteiger partial charge in [-0.15, -0.1) is 10.2 Å². The maximum atomic E-state index is 10.5. The van der Waals surface area contributed by atoms with Crippen LogP contribution in [0.4, 0.5) is 0 Å². The lowest BCUT2D eigenvalue weighted by atomic mass is 9.95. The Labute approximate surface area is 147 Å². The van der Waals surface area contributed by atoms with Gasteiger partial charge in [0.1, 0.15) is 29.6 Å². The zero-order valence-corrected chi connectivity index (χ0v) is 14.5. The lowest BCUT2D eigenvalue weighted by Gasteiger charge is -2.32. The Bertz CT molecular complexity index is 800. The molecule has 0 amide bonds. The summed E-state index contributed by atoms with van der Waals surface area (Å²) in [4.78, 5) is 2.31. The van der Waals surface area contributed by atoms with Gasteiger partial charge in [-0.05, 0) is 45.0 Å². The first-order valence-corrected chi connectivity index (χ1v) is 9.01. The fraction of sp³-hybridized carbons (Fsp3) is 0.474. The van der Waals surface area contributed by atoms with E-state index in [0.717, 1.165) is 49.3 Å². The summed E-state index contributed by atoms with van der Waals surface area (Å²) in [5, 5.41) is 19.9. The molecule has 0 spiro atoms. The molecule has 1 aliphatic rings. The number of para-hydroxylation sites is 1. The van der Waals surface area contributed by atoms with E-state index in [9.17, 15) is 5.11 Å². The molecule has 132 valence electrons. The van der Waals surface area contributed by atoms with Gasteiger partial charge in [0.15, 0.2) is 0 Å². The standard InChI is InChI=1S/C19H24N4O2/c1-2-23-13-20-21-19(23)14-7-9-22(10-8-14)12-16(24)18-11-15-5-3-4-6-17(15)25-18/h3-6,11,13-14,16,24H,2,7-10,12H2,1H3. The summed E-state index contributed by atoms with van der Waals surface area (Å²) in [6, 6.07) is 9.80. The first-order valence-electron chi connectivity index (χ1n) is 9.01. The van der Waals surface area contributed by atoms with Gasteiger partial charge < -0.3 is 19.0 Å². The molecule has 0 radical (unpaired) electrons. The van der Waals surface area contributed by atoms with E-state index in [4.69, 9.17) is 4.42 Å². The van der Waals surface area contributed by atoms with Crippen LogP contribution in [0.3, 0.4) is 0 Å². The predicted octanol–water partition coefficient (Wildman–Crippen LogP) is 2.96. The van der Waals surface area contributed by atoms with Gasteiger partial charge in [-0.2, -0.15) is 0 Å². The van der Waals surface area contributed by atoms with Gasteiger partial charge in [0.25, 0.3) is 0 Å². The van der Waals surface area contributed by atoms with E-state index in [1.54, 1.807) is 0 Å². The molecule has 6 nitrogen and oxygen atoms in total. The summed E-state index contributed by atoms with van der Waals surface area (Å²) in [5.74, 6) is 2.20. The minimum absolute atomic E-state index is 0.460. The van der Waals surface area contributed by atoms with Crippen molar-refractivity contribution in [2.45, 2.75) is 38.3 Å². The SMILES string of the molecule is CCn1cnnc1C1CCN(CC(O)c2cc3ccccc3o2)CC1. The fourth-order valence-electron chi connectivity index (χ4n) is 3.70. The first-order chi connectivity index (χ1) is 12.2. The van der Waals surface area contributed by atoms with Crippen LogP contribution >= 0.6 is 0 Å². The molecule has 4 rings (SSSR count). The average molecular weight is 340 g/mol. The van der Waals surface area contributed by atoms with Gasteiger partial charge in [-0.3, -0.25) is 0 Å². The number of fused-ring (bicyclic) bond motifs is 1. The van der Waals surface area contributed by atoms with Crippen LogP contribution in [-0.2, 0) is 6.54 Å². The van der Waals surface area contributed by atoms with Crippen LogP contribution in [0.1, 0.15) is 43.4 Å². The smallest absolute Gasteiger partial charge is 0.135 e. The van der Waals surface area contributed by atoms with E-state index in [0.29, 0.717) is 18.2 Å². The topological polar surface area (TPSA) is 67.3 Å². The van der Waals surface area contributed by atoms with Crippen LogP contribution in [0.2, 0.25) is 0 Å². The van der Waals surface area contributed by atoms with Gasteiger partial charge in [0, 0.05) is 24.4 Å². The number of likely N-dealkylation sites (tertiary alicyclic amines) is 1. The van der Waals surface area contributed by atoms with Crippen molar-refractivity contribution < 1.29 is 9.52 Å². The number of hydrogen-bond donors (Lipinski definition) is 1. The van der Waals surface area contributed by atoms with Crippen molar-refractivity contribution >= 4 is 11.0 Å². The number of benzene rings is 1. The highest BCUT2D eigenvalue weighted by molar-refractivity contribution is 5.77. The Balaban J connectivity index is 1.36. The van der Waals surface area contributed by atoms with Gasteiger partial charge in [-0.1, -0.05) is 18.2 Å². The van der Waals surface area contributed by atoms with Crippen LogP contribution in [0, 0.1) is 0 Å². The second kappa shape index (κ2) is 6.98. The summed E-state index contributed by atoms with van der Waals surface area (Å²) in [5.41, 5.74) is 0.828. The third-order valence-corrected chi connectivity index (χ3v) is 5.14. The fourth-order valence-corrected chi connectivity index (χ4v) is 3.70. The molecule has 25 heavy (non-hydrogen) atoms. The van der Waals surface area contributed by atoms with Crippen LogP contribution in [0.5, 0.6) is 0 Å². The lowest BCUT2D eigenvalue weighted by molar-refractivity contribution is 0.0821. The van der Waals surface area contributed by atoms with Gasteiger partial charge in [0.05, 0.1) is 0 Å². The third kappa shape index (κ3) is 3.32. The molecule has 3 aromatic rings. The van der Waals surface area contributed by atoms with E-state index in [1.807, 2.05) is 36.7 Å². The monoisotopic (exact) mass is 340 g/mol. The maximum Gasteiger partial charge on any atom is 0.135 e. The van der Waals surface area contributed by atoms with Crippen molar-refractivity contribution in [3.05, 3.63) is 48.2 Å². The predicted molar refractivity (Wildman–Crippen MR) is 95.3 cm³/mol. The van der Waals surface area contributed by atoms with E-state index in [2.05, 4.69) is 26.6 Å². The number of aryl methyl sites for hydroxylation is 1. The van der Waals surface area contributed by atoms with E-state index >= 15 is 0 Å². The van der Waals surface area contributed by atoms with Crippen molar-refractivity contribution in [2.24, 2.45) is 0 Å². The Morgan fingerprint density at radius 1 is 1.28 bits per heavy atom. The summed E-state index contributed by atoms with van der Waals surface area (Å²) < 4.78 is 7.91. The van der Waals surface area contributed by atoms with E-state index in [1.165, 1.54) is 0 Å². The molecule has 6 heteroatoms. The second-order valence-corrected chi connectivity index (χ2v) is 6.75. The average Bonchev–Trinajstić information content (AvgIpc) is 3.29. The molecule has 1 unspecified atom stereocenters. The highest BCUT2D eigenvalue weighted by Crippen LogP contribution is 2.29. The Morgan fingerprint density at radius 2 is 2.08 bits per heavy atom. The van der Waals surface area contributed by atoms with Gasteiger partial charge >= 0.3 is 0 Å². The summed E-state index contributed by atoms with van der Waals surface area (Å²) in [7, 11) is 0.